The monoisotopic (exact) mass is 366 g/mol. The van der Waals surface area contributed by atoms with Crippen LogP contribution in [0, 0.1) is 6.92 Å². The van der Waals surface area contributed by atoms with Gasteiger partial charge in [-0.05, 0) is 19.1 Å². The lowest BCUT2D eigenvalue weighted by molar-refractivity contribution is -0.676. The number of pyridine rings is 1. The number of nitrogens with one attached hydrogen (secondary N) is 1. The molecule has 1 aromatic heterocycles. The molecule has 1 atom stereocenters. The Hall–Kier alpha value is -2.69. The summed E-state index contributed by atoms with van der Waals surface area (Å²) < 4.78 is 0. The standard InChI is InChI=1S/C21H20ClN3O/c1-15-9-11-17(12-10-15)20(16-6-3-2-4-7-16)24-14-19(26)25-18-8-5-13-23-21(18)22/h2-13,20,24H,14H2,1H3,(H,25,26)/p+1/t20-/m1/s1. The van der Waals surface area contributed by atoms with Crippen LogP contribution in [0.1, 0.15) is 22.7 Å². The minimum Gasteiger partial charge on any atom is -0.328 e. The highest BCUT2D eigenvalue weighted by Crippen LogP contribution is 2.19. The molecule has 3 N–H and O–H groups in total. The fourth-order valence-electron chi connectivity index (χ4n) is 2.80. The first-order valence-corrected chi connectivity index (χ1v) is 8.86. The molecule has 5 heteroatoms. The molecular formula is C21H21ClN3O+. The van der Waals surface area contributed by atoms with Gasteiger partial charge in [-0.3, -0.25) is 4.79 Å². The van der Waals surface area contributed by atoms with Crippen molar-refractivity contribution in [1.82, 2.24) is 4.98 Å². The van der Waals surface area contributed by atoms with Gasteiger partial charge in [0, 0.05) is 17.3 Å². The number of quaternary nitrogens is 1. The lowest BCUT2D eigenvalue weighted by Crippen LogP contribution is -2.87. The molecule has 0 aliphatic carbocycles. The van der Waals surface area contributed by atoms with E-state index >= 15 is 0 Å². The van der Waals surface area contributed by atoms with Crippen LogP contribution in [0.4, 0.5) is 5.69 Å². The van der Waals surface area contributed by atoms with E-state index in [0.29, 0.717) is 10.8 Å². The number of carbonyl (C=O) groups excluding carboxylic acids is 1. The fourth-order valence-corrected chi connectivity index (χ4v) is 2.97. The first-order chi connectivity index (χ1) is 12.6. The summed E-state index contributed by atoms with van der Waals surface area (Å²) in [5.41, 5.74) is 4.06. The Bertz CT molecular complexity index is 866. The molecule has 3 aromatic rings. The number of nitrogens with zero attached hydrogens (tertiary/aromatic N) is 1. The summed E-state index contributed by atoms with van der Waals surface area (Å²) in [6.07, 6.45) is 1.59. The van der Waals surface area contributed by atoms with Gasteiger partial charge in [0.1, 0.15) is 6.04 Å². The van der Waals surface area contributed by atoms with E-state index in [-0.39, 0.29) is 18.5 Å². The van der Waals surface area contributed by atoms with E-state index in [1.807, 2.05) is 23.5 Å². The summed E-state index contributed by atoms with van der Waals surface area (Å²) in [4.78, 5) is 16.3. The van der Waals surface area contributed by atoms with E-state index in [2.05, 4.69) is 53.6 Å². The number of hydrogen-bond acceptors (Lipinski definition) is 2. The first-order valence-electron chi connectivity index (χ1n) is 8.48. The van der Waals surface area contributed by atoms with Gasteiger partial charge < -0.3 is 10.6 Å². The zero-order chi connectivity index (χ0) is 18.4. The van der Waals surface area contributed by atoms with Crippen molar-refractivity contribution in [1.29, 1.82) is 0 Å². The van der Waals surface area contributed by atoms with Gasteiger partial charge in [0.25, 0.3) is 5.91 Å². The van der Waals surface area contributed by atoms with E-state index < -0.39 is 0 Å². The average molecular weight is 367 g/mol. The first kappa shape index (κ1) is 18.1. The summed E-state index contributed by atoms with van der Waals surface area (Å²) >= 11 is 6.00. The number of benzene rings is 2. The Labute approximate surface area is 158 Å². The largest absolute Gasteiger partial charge is 0.328 e. The summed E-state index contributed by atoms with van der Waals surface area (Å²) in [5, 5.41) is 5.13. The highest BCUT2D eigenvalue weighted by molar-refractivity contribution is 6.32. The van der Waals surface area contributed by atoms with Gasteiger partial charge >= 0.3 is 0 Å². The lowest BCUT2D eigenvalue weighted by Gasteiger charge is -2.17. The molecule has 3 rings (SSSR count). The van der Waals surface area contributed by atoms with Crippen LogP contribution in [0.25, 0.3) is 0 Å². The maximum Gasteiger partial charge on any atom is 0.279 e. The number of nitrogens with two attached hydrogens (primary N) is 1. The lowest BCUT2D eigenvalue weighted by atomic mass is 9.98. The average Bonchev–Trinajstić information content (AvgIpc) is 2.66. The highest BCUT2D eigenvalue weighted by Gasteiger charge is 2.19. The minimum atomic E-state index is -0.118. The second-order valence-corrected chi connectivity index (χ2v) is 6.49. The molecule has 2 aromatic carbocycles. The molecule has 0 saturated heterocycles. The van der Waals surface area contributed by atoms with Crippen LogP contribution in [0.15, 0.2) is 72.9 Å². The Morgan fingerprint density at radius 2 is 1.73 bits per heavy atom. The number of hydrogen-bond donors (Lipinski definition) is 2. The van der Waals surface area contributed by atoms with Crippen molar-refractivity contribution >= 4 is 23.2 Å². The van der Waals surface area contributed by atoms with E-state index in [1.54, 1.807) is 18.3 Å². The normalized spacial score (nSPS) is 11.8. The Morgan fingerprint density at radius 3 is 2.42 bits per heavy atom. The van der Waals surface area contributed by atoms with Gasteiger partial charge in [-0.2, -0.15) is 0 Å². The van der Waals surface area contributed by atoms with Crippen molar-refractivity contribution in [2.24, 2.45) is 0 Å². The molecule has 0 aliphatic rings. The molecule has 0 bridgehead atoms. The van der Waals surface area contributed by atoms with Gasteiger partial charge in [-0.15, -0.1) is 0 Å². The Balaban J connectivity index is 1.73. The zero-order valence-corrected chi connectivity index (χ0v) is 15.3. The zero-order valence-electron chi connectivity index (χ0n) is 14.5. The van der Waals surface area contributed by atoms with Crippen LogP contribution in [0.2, 0.25) is 5.15 Å². The maximum atomic E-state index is 12.4. The second-order valence-electron chi connectivity index (χ2n) is 6.13. The van der Waals surface area contributed by atoms with Crippen LogP contribution in [0.5, 0.6) is 0 Å². The maximum absolute atomic E-state index is 12.4. The molecular weight excluding hydrogens is 346 g/mol. The van der Waals surface area contributed by atoms with Gasteiger partial charge in [-0.25, -0.2) is 4.98 Å². The number of carbonyl (C=O) groups is 1. The number of aromatic nitrogens is 1. The molecule has 132 valence electrons. The third kappa shape index (κ3) is 4.69. The highest BCUT2D eigenvalue weighted by atomic mass is 35.5. The van der Waals surface area contributed by atoms with Crippen LogP contribution in [-0.4, -0.2) is 17.4 Å². The molecule has 1 heterocycles. The van der Waals surface area contributed by atoms with Crippen LogP contribution in [0.3, 0.4) is 0 Å². The third-order valence-electron chi connectivity index (χ3n) is 4.17. The van der Waals surface area contributed by atoms with Crippen molar-refractivity contribution in [3.05, 3.63) is 94.8 Å². The Kier molecular flexibility index (Phi) is 6.00. The quantitative estimate of drug-likeness (QED) is 0.657. The van der Waals surface area contributed by atoms with E-state index in [4.69, 9.17) is 11.6 Å². The summed E-state index contributed by atoms with van der Waals surface area (Å²) in [6, 6.07) is 22.1. The van der Waals surface area contributed by atoms with Gasteiger partial charge in [0.2, 0.25) is 0 Å². The SMILES string of the molecule is Cc1ccc([C@H]([NH2+]CC(=O)Nc2cccnc2Cl)c2ccccc2)cc1. The second kappa shape index (κ2) is 8.61. The van der Waals surface area contributed by atoms with Crippen LogP contribution < -0.4 is 10.6 Å². The van der Waals surface area contributed by atoms with Gasteiger partial charge in [0.05, 0.1) is 5.69 Å². The van der Waals surface area contributed by atoms with Crippen molar-refractivity contribution in [2.75, 3.05) is 11.9 Å². The van der Waals surface area contributed by atoms with Crippen LogP contribution >= 0.6 is 11.6 Å². The number of aryl methyl sites for hydroxylation is 1. The van der Waals surface area contributed by atoms with E-state index in [9.17, 15) is 4.79 Å². The molecule has 0 unspecified atom stereocenters. The third-order valence-corrected chi connectivity index (χ3v) is 4.47. The van der Waals surface area contributed by atoms with Crippen LogP contribution in [-0.2, 0) is 4.79 Å². The number of anilines is 1. The predicted molar refractivity (Wildman–Crippen MR) is 104 cm³/mol. The summed E-state index contributed by atoms with van der Waals surface area (Å²) in [5.74, 6) is -0.118. The van der Waals surface area contributed by atoms with Gasteiger partial charge in [-0.1, -0.05) is 71.8 Å². The molecule has 0 radical (unpaired) electrons. The summed E-state index contributed by atoms with van der Waals surface area (Å²) in [6.45, 7) is 2.34. The summed E-state index contributed by atoms with van der Waals surface area (Å²) in [7, 11) is 0. The fraction of sp³-hybridized carbons (Fsp3) is 0.143. The van der Waals surface area contributed by atoms with Crippen molar-refractivity contribution in [3.63, 3.8) is 0 Å². The molecule has 1 amide bonds. The van der Waals surface area contributed by atoms with E-state index in [0.717, 1.165) is 11.1 Å². The van der Waals surface area contributed by atoms with Gasteiger partial charge in [0.15, 0.2) is 11.7 Å². The minimum absolute atomic E-state index is 0.0481. The molecule has 0 fully saturated rings. The molecule has 0 aliphatic heterocycles. The topological polar surface area (TPSA) is 58.6 Å². The van der Waals surface area contributed by atoms with Crippen molar-refractivity contribution in [2.45, 2.75) is 13.0 Å². The predicted octanol–water partition coefficient (Wildman–Crippen LogP) is 3.33. The number of rotatable bonds is 6. The molecule has 4 nitrogen and oxygen atoms in total. The molecule has 26 heavy (non-hydrogen) atoms. The van der Waals surface area contributed by atoms with E-state index in [1.165, 1.54) is 5.56 Å². The molecule has 0 spiro atoms. The number of halogens is 1. The number of amides is 1. The smallest absolute Gasteiger partial charge is 0.279 e. The Morgan fingerprint density at radius 1 is 1.04 bits per heavy atom. The molecule has 0 saturated carbocycles. The van der Waals surface area contributed by atoms with Crippen molar-refractivity contribution < 1.29 is 10.1 Å². The van der Waals surface area contributed by atoms with Crippen molar-refractivity contribution in [3.8, 4) is 0 Å².